The first-order valence-electron chi connectivity index (χ1n) is 7.93. The van der Waals surface area contributed by atoms with Crippen LogP contribution in [0.1, 0.15) is 40.0 Å². The van der Waals surface area contributed by atoms with Gasteiger partial charge in [-0.1, -0.05) is 46.4 Å². The fourth-order valence-corrected chi connectivity index (χ4v) is 3.95. The van der Waals surface area contributed by atoms with Crippen LogP contribution in [0.5, 0.6) is 0 Å². The third kappa shape index (κ3) is 3.53. The standard InChI is InChI=1S/C16H14Cl4N2O4/c17-11-9-10(12(18)14(20)13(11)19)16(25)22(15(9)24)4-3-8(23)21-6-7-2-1-5-26-7/h7H,1-6H2,(H,21,23)/t7-/m1/s1. The van der Waals surface area contributed by atoms with Crippen molar-refractivity contribution in [1.82, 2.24) is 10.2 Å². The molecule has 1 saturated heterocycles. The minimum absolute atomic E-state index is 0.0140. The van der Waals surface area contributed by atoms with E-state index in [0.29, 0.717) is 13.2 Å². The van der Waals surface area contributed by atoms with E-state index in [2.05, 4.69) is 5.32 Å². The van der Waals surface area contributed by atoms with Gasteiger partial charge in [-0.3, -0.25) is 19.3 Å². The number of rotatable bonds is 5. The zero-order valence-corrected chi connectivity index (χ0v) is 16.4. The van der Waals surface area contributed by atoms with Gasteiger partial charge < -0.3 is 10.1 Å². The number of carbonyl (C=O) groups excluding carboxylic acids is 3. The minimum atomic E-state index is -0.651. The predicted molar refractivity (Wildman–Crippen MR) is 98.4 cm³/mol. The maximum Gasteiger partial charge on any atom is 0.263 e. The van der Waals surface area contributed by atoms with E-state index in [0.717, 1.165) is 17.7 Å². The van der Waals surface area contributed by atoms with Crippen molar-refractivity contribution in [3.05, 3.63) is 31.2 Å². The Morgan fingerprint density at radius 1 is 1.04 bits per heavy atom. The van der Waals surface area contributed by atoms with Crippen molar-refractivity contribution in [1.29, 1.82) is 0 Å². The Morgan fingerprint density at radius 2 is 1.62 bits per heavy atom. The van der Waals surface area contributed by atoms with Gasteiger partial charge >= 0.3 is 0 Å². The molecule has 2 aliphatic heterocycles. The maximum atomic E-state index is 12.5. The Bertz CT molecular complexity index is 746. The van der Waals surface area contributed by atoms with Crippen LogP contribution < -0.4 is 5.32 Å². The van der Waals surface area contributed by atoms with Gasteiger partial charge in [0.15, 0.2) is 0 Å². The van der Waals surface area contributed by atoms with Crippen molar-refractivity contribution in [2.45, 2.75) is 25.4 Å². The van der Waals surface area contributed by atoms with Crippen molar-refractivity contribution in [3.8, 4) is 0 Å². The SMILES string of the molecule is O=C(CCN1C(=O)c2c(Cl)c(Cl)c(Cl)c(Cl)c2C1=O)NC[C@H]1CCCO1. The molecular weight excluding hydrogens is 426 g/mol. The van der Waals surface area contributed by atoms with Gasteiger partial charge in [0.1, 0.15) is 0 Å². The topological polar surface area (TPSA) is 75.7 Å². The molecule has 140 valence electrons. The summed E-state index contributed by atoms with van der Waals surface area (Å²) in [6, 6.07) is 0. The molecule has 0 aliphatic carbocycles. The number of nitrogens with one attached hydrogen (secondary N) is 1. The number of amides is 3. The van der Waals surface area contributed by atoms with E-state index in [1.54, 1.807) is 0 Å². The van der Waals surface area contributed by atoms with Crippen LogP contribution in [-0.4, -0.2) is 48.4 Å². The van der Waals surface area contributed by atoms with Crippen LogP contribution in [0.3, 0.4) is 0 Å². The number of hydrogen-bond donors (Lipinski definition) is 1. The molecule has 1 aromatic rings. The van der Waals surface area contributed by atoms with E-state index in [-0.39, 0.29) is 56.2 Å². The Morgan fingerprint density at radius 3 is 2.12 bits per heavy atom. The largest absolute Gasteiger partial charge is 0.376 e. The summed E-state index contributed by atoms with van der Waals surface area (Å²) in [4.78, 5) is 38.0. The molecule has 1 N–H and O–H groups in total. The molecule has 26 heavy (non-hydrogen) atoms. The first-order chi connectivity index (χ1) is 12.3. The fourth-order valence-electron chi connectivity index (χ4n) is 2.93. The molecule has 0 saturated carbocycles. The smallest absolute Gasteiger partial charge is 0.263 e. The van der Waals surface area contributed by atoms with Gasteiger partial charge in [-0.2, -0.15) is 0 Å². The van der Waals surface area contributed by atoms with Crippen LogP contribution in [0, 0.1) is 0 Å². The first kappa shape index (κ1) is 19.7. The van der Waals surface area contributed by atoms with E-state index >= 15 is 0 Å². The number of benzene rings is 1. The van der Waals surface area contributed by atoms with Crippen molar-refractivity contribution >= 4 is 64.1 Å². The van der Waals surface area contributed by atoms with Gasteiger partial charge in [-0.05, 0) is 12.8 Å². The van der Waals surface area contributed by atoms with Crippen molar-refractivity contribution < 1.29 is 19.1 Å². The summed E-state index contributed by atoms with van der Waals surface area (Å²) < 4.78 is 5.42. The molecule has 0 aromatic heterocycles. The molecule has 0 bridgehead atoms. The second-order valence-electron chi connectivity index (χ2n) is 5.96. The summed E-state index contributed by atoms with van der Waals surface area (Å²) in [6.07, 6.45) is 1.84. The molecule has 6 nitrogen and oxygen atoms in total. The number of hydrogen-bond acceptors (Lipinski definition) is 4. The zero-order valence-electron chi connectivity index (χ0n) is 13.4. The van der Waals surface area contributed by atoms with Gasteiger partial charge in [-0.25, -0.2) is 0 Å². The molecule has 3 rings (SSSR count). The normalized spacial score (nSPS) is 19.2. The van der Waals surface area contributed by atoms with Gasteiger partial charge in [0, 0.05) is 26.1 Å². The number of fused-ring (bicyclic) bond motifs is 1. The molecule has 1 fully saturated rings. The molecule has 2 heterocycles. The van der Waals surface area contributed by atoms with E-state index < -0.39 is 11.8 Å². The lowest BCUT2D eigenvalue weighted by Gasteiger charge is -2.14. The Labute approximate surface area is 169 Å². The lowest BCUT2D eigenvalue weighted by molar-refractivity contribution is -0.121. The van der Waals surface area contributed by atoms with E-state index in [9.17, 15) is 14.4 Å². The summed E-state index contributed by atoms with van der Waals surface area (Å²) in [5, 5.41) is 2.31. The number of halogens is 4. The van der Waals surface area contributed by atoms with Crippen LogP contribution in [0.25, 0.3) is 0 Å². The van der Waals surface area contributed by atoms with Crippen molar-refractivity contribution in [2.24, 2.45) is 0 Å². The highest BCUT2D eigenvalue weighted by Gasteiger charge is 2.41. The number of imide groups is 1. The summed E-state index contributed by atoms with van der Waals surface area (Å²) in [5.74, 6) is -1.59. The molecule has 2 aliphatic rings. The average molecular weight is 440 g/mol. The van der Waals surface area contributed by atoms with Crippen molar-refractivity contribution in [3.63, 3.8) is 0 Å². The predicted octanol–water partition coefficient (Wildman–Crippen LogP) is 3.58. The zero-order chi connectivity index (χ0) is 19.0. The second-order valence-corrected chi connectivity index (χ2v) is 7.47. The summed E-state index contributed by atoms with van der Waals surface area (Å²) >= 11 is 24.0. The third-order valence-electron chi connectivity index (χ3n) is 4.30. The molecule has 1 aromatic carbocycles. The van der Waals surface area contributed by atoms with Crippen LogP contribution in [-0.2, 0) is 9.53 Å². The quantitative estimate of drug-likeness (QED) is 0.432. The molecule has 3 amide bonds. The van der Waals surface area contributed by atoms with E-state index in [1.165, 1.54) is 0 Å². The lowest BCUT2D eigenvalue weighted by atomic mass is 10.1. The van der Waals surface area contributed by atoms with Gasteiger partial charge in [0.25, 0.3) is 11.8 Å². The Balaban J connectivity index is 1.67. The van der Waals surface area contributed by atoms with Crippen LogP contribution in [0.2, 0.25) is 20.1 Å². The second kappa shape index (κ2) is 7.90. The molecule has 0 unspecified atom stereocenters. The molecule has 0 spiro atoms. The summed E-state index contributed by atoms with van der Waals surface area (Å²) in [6.45, 7) is 0.998. The summed E-state index contributed by atoms with van der Waals surface area (Å²) in [7, 11) is 0. The fraction of sp³-hybridized carbons (Fsp3) is 0.438. The lowest BCUT2D eigenvalue weighted by Crippen LogP contribution is -2.36. The highest BCUT2D eigenvalue weighted by Crippen LogP contribution is 2.44. The highest BCUT2D eigenvalue weighted by molar-refractivity contribution is 6.55. The van der Waals surface area contributed by atoms with Crippen LogP contribution in [0.4, 0.5) is 0 Å². The van der Waals surface area contributed by atoms with Crippen LogP contribution >= 0.6 is 46.4 Å². The van der Waals surface area contributed by atoms with Gasteiger partial charge in [-0.15, -0.1) is 0 Å². The molecule has 10 heteroatoms. The number of carbonyl (C=O) groups is 3. The Kier molecular flexibility index (Phi) is 5.99. The maximum absolute atomic E-state index is 12.5. The highest BCUT2D eigenvalue weighted by atomic mass is 35.5. The minimum Gasteiger partial charge on any atom is -0.376 e. The monoisotopic (exact) mass is 438 g/mol. The van der Waals surface area contributed by atoms with E-state index in [1.807, 2.05) is 0 Å². The van der Waals surface area contributed by atoms with Crippen LogP contribution in [0.15, 0.2) is 0 Å². The molecular formula is C16H14Cl4N2O4. The first-order valence-corrected chi connectivity index (χ1v) is 9.44. The number of nitrogens with zero attached hydrogens (tertiary/aromatic N) is 1. The molecule has 0 radical (unpaired) electrons. The van der Waals surface area contributed by atoms with Gasteiger partial charge in [0.05, 0.1) is 37.3 Å². The number of ether oxygens (including phenoxy) is 1. The third-order valence-corrected chi connectivity index (χ3v) is 6.10. The molecule has 1 atom stereocenters. The van der Waals surface area contributed by atoms with Gasteiger partial charge in [0.2, 0.25) is 5.91 Å². The van der Waals surface area contributed by atoms with Crippen molar-refractivity contribution in [2.75, 3.05) is 19.7 Å². The Hall–Kier alpha value is -1.05. The van der Waals surface area contributed by atoms with E-state index in [4.69, 9.17) is 51.1 Å². The summed E-state index contributed by atoms with van der Waals surface area (Å²) in [5.41, 5.74) is -0.174. The average Bonchev–Trinajstić information content (AvgIpc) is 3.21.